The molecule has 2 heterocycles. The number of carbonyl (C=O) groups excluding carboxylic acids is 3. The molecule has 3 atom stereocenters. The lowest BCUT2D eigenvalue weighted by atomic mass is 10.00. The van der Waals surface area contributed by atoms with E-state index in [0.29, 0.717) is 28.1 Å². The van der Waals surface area contributed by atoms with Crippen LogP contribution in [-0.2, 0) is 32.7 Å². The number of aryl methyl sites for hydroxylation is 2. The molecule has 296 valence electrons. The molecular formula is C37H40F4N4O8S2. The van der Waals surface area contributed by atoms with Crippen molar-refractivity contribution in [3.05, 3.63) is 106 Å². The van der Waals surface area contributed by atoms with Gasteiger partial charge in [0, 0.05) is 27.4 Å². The quantitative estimate of drug-likeness (QED) is 0.0938. The van der Waals surface area contributed by atoms with Gasteiger partial charge < -0.3 is 39.6 Å². The number of nitrogens with one attached hydrogen (secondary N) is 3. The van der Waals surface area contributed by atoms with Crippen molar-refractivity contribution in [1.29, 1.82) is 0 Å². The van der Waals surface area contributed by atoms with Crippen molar-refractivity contribution in [2.24, 2.45) is 0 Å². The lowest BCUT2D eigenvalue weighted by Gasteiger charge is -2.42. The van der Waals surface area contributed by atoms with Crippen LogP contribution in [0.5, 0.6) is 11.5 Å². The summed E-state index contributed by atoms with van der Waals surface area (Å²) in [6, 6.07) is 18.7. The molecule has 1 unspecified atom stereocenters. The van der Waals surface area contributed by atoms with Crippen molar-refractivity contribution in [3.8, 4) is 11.5 Å². The molecule has 12 nitrogen and oxygen atoms in total. The Morgan fingerprint density at radius 2 is 1.60 bits per heavy atom. The monoisotopic (exact) mass is 808 g/mol. The number of nitrogens with zero attached hydrogens (tertiary/aromatic N) is 1. The molecule has 0 spiro atoms. The number of alkyl halides is 3. The maximum Gasteiger partial charge on any atom is 0.430 e. The molecule has 1 saturated heterocycles. The van der Waals surface area contributed by atoms with Gasteiger partial charge in [0.15, 0.2) is 0 Å². The van der Waals surface area contributed by atoms with E-state index >= 15 is 0 Å². The van der Waals surface area contributed by atoms with E-state index in [1.54, 1.807) is 37.3 Å². The maximum absolute atomic E-state index is 13.7. The number of urea groups is 1. The Kier molecular flexibility index (Phi) is 13.9. The lowest BCUT2D eigenvalue weighted by Crippen LogP contribution is -2.59. The maximum atomic E-state index is 13.7. The van der Waals surface area contributed by atoms with Gasteiger partial charge in [-0.2, -0.15) is 21.6 Å². The summed E-state index contributed by atoms with van der Waals surface area (Å²) in [7, 11) is -1.90. The number of phenolic OH excluding ortho intramolecular Hbond substituents is 1. The second-order valence-electron chi connectivity index (χ2n) is 13.3. The number of thiophene rings is 1. The number of piperidine rings is 1. The van der Waals surface area contributed by atoms with E-state index in [-0.39, 0.29) is 40.6 Å². The number of anilines is 1. The van der Waals surface area contributed by atoms with Crippen molar-refractivity contribution >= 4 is 45.0 Å². The number of rotatable bonds is 11. The minimum atomic E-state index is -5.19. The van der Waals surface area contributed by atoms with Gasteiger partial charge in [-0.1, -0.05) is 24.3 Å². The highest BCUT2D eigenvalue weighted by Crippen LogP contribution is 2.28. The largest absolute Gasteiger partial charge is 0.542 e. The molecule has 1 aromatic heterocycles. The smallest absolute Gasteiger partial charge is 0.430 e. The van der Waals surface area contributed by atoms with Gasteiger partial charge in [-0.3, -0.25) is 4.79 Å². The van der Waals surface area contributed by atoms with Crippen molar-refractivity contribution < 1.29 is 59.2 Å². The minimum Gasteiger partial charge on any atom is -0.542 e. The molecule has 1 aliphatic heterocycles. The number of likely N-dealkylation sites (tertiary alicyclic amines) is 1. The van der Waals surface area contributed by atoms with E-state index in [2.05, 4.69) is 23.0 Å². The fourth-order valence-corrected chi connectivity index (χ4v) is 8.50. The Hall–Kier alpha value is -5.20. The number of carboxylic acid groups (broad SMARTS) is 1. The number of benzene rings is 3. The molecule has 4 aromatic rings. The van der Waals surface area contributed by atoms with Gasteiger partial charge in [0.25, 0.3) is 0 Å². The van der Waals surface area contributed by atoms with Crippen LogP contribution in [0.25, 0.3) is 0 Å². The summed E-state index contributed by atoms with van der Waals surface area (Å²) in [5.41, 5.74) is 2.13. The van der Waals surface area contributed by atoms with E-state index in [9.17, 15) is 40.7 Å². The minimum absolute atomic E-state index is 0.0890. The highest BCUT2D eigenvalue weighted by atomic mass is 32.2. The van der Waals surface area contributed by atoms with Crippen LogP contribution in [0.2, 0.25) is 0 Å². The average Bonchev–Trinajstić information content (AvgIpc) is 3.45. The van der Waals surface area contributed by atoms with E-state index in [0.717, 1.165) is 35.4 Å². The fourth-order valence-electron chi connectivity index (χ4n) is 6.05. The number of phenols is 1. The first-order chi connectivity index (χ1) is 25.7. The molecular weight excluding hydrogens is 769 g/mol. The molecule has 1 aliphatic rings. The first-order valence-electron chi connectivity index (χ1n) is 16.8. The summed E-state index contributed by atoms with van der Waals surface area (Å²) in [5.74, 6) is -3.45. The van der Waals surface area contributed by atoms with Gasteiger partial charge in [0.1, 0.15) is 40.8 Å². The number of halogens is 4. The molecule has 4 N–H and O–H groups in total. The number of aliphatic carboxylic acids is 1. The molecule has 55 heavy (non-hydrogen) atoms. The van der Waals surface area contributed by atoms with Gasteiger partial charge in [-0.25, -0.2) is 9.18 Å². The fraction of sp³-hybridized carbons (Fsp3) is 0.324. The molecule has 18 heteroatoms. The van der Waals surface area contributed by atoms with Crippen LogP contribution in [-0.4, -0.2) is 74.3 Å². The van der Waals surface area contributed by atoms with Crippen LogP contribution in [0.1, 0.15) is 33.7 Å². The van der Waals surface area contributed by atoms with Crippen LogP contribution in [0.4, 0.5) is 28.0 Å². The van der Waals surface area contributed by atoms with Crippen LogP contribution in [0, 0.1) is 19.7 Å². The second kappa shape index (κ2) is 18.0. The molecule has 0 bridgehead atoms. The Labute approximate surface area is 319 Å². The number of carbonyl (C=O) groups is 3. The van der Waals surface area contributed by atoms with Crippen LogP contribution in [0.3, 0.4) is 0 Å². The Bertz CT molecular complexity index is 2060. The zero-order valence-electron chi connectivity index (χ0n) is 30.0. The topological polar surface area (TPSA) is 174 Å². The lowest BCUT2D eigenvalue weighted by molar-refractivity contribution is -0.927. The summed E-state index contributed by atoms with van der Waals surface area (Å²) in [5, 5.41) is 27.1. The van der Waals surface area contributed by atoms with Crippen LogP contribution >= 0.6 is 11.3 Å². The Balaban J connectivity index is 0.000000876. The first-order valence-corrected chi connectivity index (χ1v) is 19.1. The van der Waals surface area contributed by atoms with Crippen molar-refractivity contribution in [1.82, 2.24) is 10.6 Å². The van der Waals surface area contributed by atoms with E-state index in [1.807, 2.05) is 6.92 Å². The third-order valence-electron chi connectivity index (χ3n) is 8.55. The number of hydrogen-bond donors (Lipinski definition) is 4. The summed E-state index contributed by atoms with van der Waals surface area (Å²) in [6.45, 7) is 5.84. The predicted octanol–water partition coefficient (Wildman–Crippen LogP) is 4.93. The normalized spacial score (nSPS) is 17.5. The van der Waals surface area contributed by atoms with Gasteiger partial charge in [-0.05, 0) is 86.8 Å². The predicted molar refractivity (Wildman–Crippen MR) is 194 cm³/mol. The molecule has 0 aliphatic carbocycles. The number of likely N-dealkylation sites (N-methyl/N-ethyl adjacent to an activating group) is 1. The van der Waals surface area contributed by atoms with E-state index in [1.165, 1.54) is 59.9 Å². The zero-order valence-corrected chi connectivity index (χ0v) is 31.6. The number of carboxylic acids is 1. The van der Waals surface area contributed by atoms with Gasteiger partial charge in [0.05, 0.1) is 26.2 Å². The Morgan fingerprint density at radius 1 is 1.00 bits per heavy atom. The van der Waals surface area contributed by atoms with E-state index < -0.39 is 34.3 Å². The standard InChI is InChI=1S/C35H39FN4O6S2.C2HF3O2/c1-23-19-33(24(2)47-23)48(44,45)46-31-16-12-28(13-17-31)38-35(43)39-32(20-25-8-14-30(41)15-9-25)34(42)37-29-5-4-18-40(3,22-29)21-26-6-10-27(36)11-7-26;3-2(4,5)1(6)7/h6-17,19,29,32H,4-5,18,20-22H2,1-3H3,(H3-,37,38,39,41,42,43);(H,6,7)/t29-,32-,40?;/m0./s1. The molecule has 0 radical (unpaired) electrons. The Morgan fingerprint density at radius 3 is 2.16 bits per heavy atom. The van der Waals surface area contributed by atoms with Crippen LogP contribution < -0.4 is 25.2 Å². The number of hydrogen-bond acceptors (Lipinski definition) is 9. The SMILES string of the molecule is Cc1cc(S(=O)(=O)Oc2ccc(NC(=O)N[C@@H](Cc3ccc(O)cc3)C(=O)N[C@H]3CCC[N+](C)(Cc4ccc(F)cc4)C3)cc2)c(C)s1.O=C([O-])C(F)(F)F. The number of amides is 3. The van der Waals surface area contributed by atoms with Crippen molar-refractivity contribution in [3.63, 3.8) is 0 Å². The number of aromatic hydroxyl groups is 1. The summed E-state index contributed by atoms with van der Waals surface area (Å²) in [4.78, 5) is 37.2. The van der Waals surface area contributed by atoms with Gasteiger partial charge in [-0.15, -0.1) is 11.3 Å². The number of quaternary nitrogens is 1. The highest BCUT2D eigenvalue weighted by molar-refractivity contribution is 7.87. The third-order valence-corrected chi connectivity index (χ3v) is 11.0. The summed E-state index contributed by atoms with van der Waals surface area (Å²) >= 11 is 1.37. The van der Waals surface area contributed by atoms with E-state index in [4.69, 9.17) is 14.1 Å². The first kappa shape index (κ1) is 42.5. The summed E-state index contributed by atoms with van der Waals surface area (Å²) < 4.78 is 76.5. The summed E-state index contributed by atoms with van der Waals surface area (Å²) in [6.07, 6.45) is -3.33. The average molecular weight is 809 g/mol. The van der Waals surface area contributed by atoms with Gasteiger partial charge in [0.2, 0.25) is 5.91 Å². The van der Waals surface area contributed by atoms with Crippen molar-refractivity contribution in [2.75, 3.05) is 25.5 Å². The second-order valence-corrected chi connectivity index (χ2v) is 16.3. The van der Waals surface area contributed by atoms with Crippen molar-refractivity contribution in [2.45, 2.75) is 62.8 Å². The molecule has 5 rings (SSSR count). The molecule has 0 saturated carbocycles. The van der Waals surface area contributed by atoms with Gasteiger partial charge >= 0.3 is 22.3 Å². The molecule has 3 aromatic carbocycles. The molecule has 1 fully saturated rings. The third kappa shape index (κ3) is 13.0. The zero-order chi connectivity index (χ0) is 40.6. The van der Waals surface area contributed by atoms with Crippen LogP contribution in [0.15, 0.2) is 83.8 Å². The highest BCUT2D eigenvalue weighted by Gasteiger charge is 2.34. The molecule has 3 amide bonds.